The SMILES string of the molecule is C.COCC1CCC=C(C(=O)N[C@H](C)C(=O)N2CCC(C3=CC=C(Cl)CC3)C(C)(C)C2)C1.O.O. The van der Waals surface area contributed by atoms with E-state index in [2.05, 4.69) is 25.2 Å². The number of allylic oxidation sites excluding steroid dienone is 5. The highest BCUT2D eigenvalue weighted by Gasteiger charge is 2.40. The van der Waals surface area contributed by atoms with Crippen molar-refractivity contribution in [3.05, 3.63) is 34.4 Å². The lowest BCUT2D eigenvalue weighted by atomic mass is 9.68. The second-order valence-corrected chi connectivity index (χ2v) is 10.5. The van der Waals surface area contributed by atoms with Crippen molar-refractivity contribution in [2.75, 3.05) is 26.8 Å². The maximum atomic E-state index is 13.1. The number of ether oxygens (including phenoxy) is 1. The number of carbonyl (C=O) groups is 2. The summed E-state index contributed by atoms with van der Waals surface area (Å²) in [4.78, 5) is 27.8. The lowest BCUT2D eigenvalue weighted by molar-refractivity contribution is -0.139. The molecule has 2 amide bonds. The predicted molar refractivity (Wildman–Crippen MR) is 139 cm³/mol. The van der Waals surface area contributed by atoms with E-state index in [1.54, 1.807) is 14.0 Å². The van der Waals surface area contributed by atoms with E-state index in [1.165, 1.54) is 5.57 Å². The molecule has 3 atom stereocenters. The molecule has 0 radical (unpaired) electrons. The molecule has 3 aliphatic rings. The van der Waals surface area contributed by atoms with Gasteiger partial charge in [0, 0.05) is 37.4 Å². The summed E-state index contributed by atoms with van der Waals surface area (Å²) in [5.74, 6) is 0.713. The van der Waals surface area contributed by atoms with Crippen molar-refractivity contribution in [3.8, 4) is 0 Å². The van der Waals surface area contributed by atoms with Gasteiger partial charge in [0.25, 0.3) is 0 Å². The molecule has 1 heterocycles. The predicted octanol–water partition coefficient (Wildman–Crippen LogP) is 3.57. The van der Waals surface area contributed by atoms with Gasteiger partial charge in [-0.05, 0) is 68.8 Å². The highest BCUT2D eigenvalue weighted by atomic mass is 35.5. The molecule has 0 spiro atoms. The van der Waals surface area contributed by atoms with E-state index >= 15 is 0 Å². The zero-order chi connectivity index (χ0) is 22.6. The number of carbonyl (C=O) groups excluding carboxylic acids is 2. The van der Waals surface area contributed by atoms with Crippen molar-refractivity contribution in [3.63, 3.8) is 0 Å². The van der Waals surface area contributed by atoms with E-state index in [-0.39, 0.29) is 35.6 Å². The van der Waals surface area contributed by atoms with Crippen molar-refractivity contribution < 1.29 is 25.3 Å². The fourth-order valence-electron chi connectivity index (χ4n) is 5.33. The van der Waals surface area contributed by atoms with Gasteiger partial charge in [-0.3, -0.25) is 9.59 Å². The van der Waals surface area contributed by atoms with Crippen molar-refractivity contribution in [1.29, 1.82) is 0 Å². The second-order valence-electron chi connectivity index (χ2n) is 9.97. The number of nitrogens with zero attached hydrogens (tertiary/aromatic N) is 1. The number of halogens is 1. The molecule has 1 saturated heterocycles. The van der Waals surface area contributed by atoms with Gasteiger partial charge in [0.2, 0.25) is 11.8 Å². The largest absolute Gasteiger partial charge is 0.412 e. The minimum Gasteiger partial charge on any atom is -0.412 e. The number of nitrogens with one attached hydrogen (secondary N) is 1. The second kappa shape index (κ2) is 14.0. The highest BCUT2D eigenvalue weighted by Crippen LogP contribution is 2.42. The van der Waals surface area contributed by atoms with E-state index in [0.29, 0.717) is 31.4 Å². The molecule has 0 bridgehead atoms. The zero-order valence-corrected chi connectivity index (χ0v) is 21.1. The van der Waals surface area contributed by atoms with E-state index in [9.17, 15) is 9.59 Å². The molecule has 8 heteroatoms. The monoisotopic (exact) mass is 500 g/mol. The minimum absolute atomic E-state index is 0. The van der Waals surface area contributed by atoms with Gasteiger partial charge in [0.1, 0.15) is 6.04 Å². The third kappa shape index (κ3) is 7.94. The van der Waals surface area contributed by atoms with Crippen LogP contribution in [-0.4, -0.2) is 60.5 Å². The molecule has 0 aromatic heterocycles. The third-order valence-corrected chi connectivity index (χ3v) is 7.32. The number of likely N-dealkylation sites (tertiary alicyclic amines) is 1. The molecule has 2 unspecified atom stereocenters. The number of piperidine rings is 1. The first-order chi connectivity index (χ1) is 14.7. The molecule has 7 nitrogen and oxygen atoms in total. The molecule has 5 N–H and O–H groups in total. The van der Waals surface area contributed by atoms with Gasteiger partial charge >= 0.3 is 0 Å². The van der Waals surface area contributed by atoms with Crippen LogP contribution in [0, 0.1) is 17.3 Å². The summed E-state index contributed by atoms with van der Waals surface area (Å²) in [6.45, 7) is 8.37. The van der Waals surface area contributed by atoms with Crippen LogP contribution in [0.15, 0.2) is 34.4 Å². The maximum absolute atomic E-state index is 13.1. The van der Waals surface area contributed by atoms with Crippen LogP contribution < -0.4 is 5.32 Å². The Kier molecular flexibility index (Phi) is 13.3. The third-order valence-electron chi connectivity index (χ3n) is 7.01. The number of methoxy groups -OCH3 is 1. The lowest BCUT2D eigenvalue weighted by Crippen LogP contribution is -2.54. The van der Waals surface area contributed by atoms with Crippen LogP contribution in [0.1, 0.15) is 66.7 Å². The molecular weight excluding hydrogens is 456 g/mol. The standard InChI is InChI=1S/C25H37ClN2O3.CH4.2H2O/c1-17(27-23(29)20-7-5-6-18(14-20)15-31-4)24(30)28-13-12-22(25(2,3)16-28)19-8-10-21(26)11-9-19;;;/h7-8,10,17-18,22H,5-6,9,11-16H2,1-4H3,(H,27,29);1H4;2*1H2/t17-,18?,22?;;;/m1.../s1. The van der Waals surface area contributed by atoms with Crippen LogP contribution in [0.5, 0.6) is 0 Å². The summed E-state index contributed by atoms with van der Waals surface area (Å²) in [7, 11) is 1.69. The van der Waals surface area contributed by atoms with Gasteiger partial charge < -0.3 is 25.9 Å². The fourth-order valence-corrected chi connectivity index (χ4v) is 5.49. The summed E-state index contributed by atoms with van der Waals surface area (Å²) in [5.41, 5.74) is 2.21. The molecule has 1 fully saturated rings. The Labute approximate surface area is 210 Å². The summed E-state index contributed by atoms with van der Waals surface area (Å²) < 4.78 is 5.25. The fraction of sp³-hybridized carbons (Fsp3) is 0.692. The lowest BCUT2D eigenvalue weighted by Gasteiger charge is -2.46. The topological polar surface area (TPSA) is 122 Å². The summed E-state index contributed by atoms with van der Waals surface area (Å²) >= 11 is 6.13. The first kappa shape index (κ1) is 32.3. The van der Waals surface area contributed by atoms with Gasteiger partial charge in [0.15, 0.2) is 0 Å². The minimum atomic E-state index is -0.529. The molecule has 34 heavy (non-hydrogen) atoms. The molecular formula is C26H45ClN2O5. The Morgan fingerprint density at radius 1 is 1.24 bits per heavy atom. The Morgan fingerprint density at radius 3 is 2.53 bits per heavy atom. The van der Waals surface area contributed by atoms with Crippen LogP contribution >= 0.6 is 11.6 Å². The number of hydrogen-bond donors (Lipinski definition) is 1. The molecule has 2 aliphatic carbocycles. The average Bonchev–Trinajstić information content (AvgIpc) is 2.73. The van der Waals surface area contributed by atoms with Crippen molar-refractivity contribution >= 4 is 23.4 Å². The Morgan fingerprint density at radius 2 is 1.94 bits per heavy atom. The van der Waals surface area contributed by atoms with Crippen LogP contribution in [0.3, 0.4) is 0 Å². The molecule has 0 aromatic carbocycles. The van der Waals surface area contributed by atoms with Gasteiger partial charge in [-0.2, -0.15) is 0 Å². The molecule has 0 saturated carbocycles. The zero-order valence-electron chi connectivity index (χ0n) is 20.4. The molecule has 1 aliphatic heterocycles. The Balaban J connectivity index is 0.00000363. The van der Waals surface area contributed by atoms with Gasteiger partial charge in [-0.1, -0.05) is 50.6 Å². The van der Waals surface area contributed by atoms with Gasteiger partial charge in [0.05, 0.1) is 0 Å². The Bertz CT molecular complexity index is 790. The first-order valence-corrected chi connectivity index (χ1v) is 11.9. The highest BCUT2D eigenvalue weighted by molar-refractivity contribution is 6.29. The summed E-state index contributed by atoms with van der Waals surface area (Å²) in [5, 5.41) is 3.86. The van der Waals surface area contributed by atoms with Crippen molar-refractivity contribution in [2.45, 2.75) is 72.8 Å². The number of rotatable bonds is 6. The van der Waals surface area contributed by atoms with Crippen LogP contribution in [0.4, 0.5) is 0 Å². The number of amides is 2. The van der Waals surface area contributed by atoms with Crippen molar-refractivity contribution in [1.82, 2.24) is 10.2 Å². The maximum Gasteiger partial charge on any atom is 0.247 e. The summed E-state index contributed by atoms with van der Waals surface area (Å²) in [6, 6.07) is -0.529. The quantitative estimate of drug-likeness (QED) is 0.599. The van der Waals surface area contributed by atoms with Crippen LogP contribution in [0.25, 0.3) is 0 Å². The number of hydrogen-bond acceptors (Lipinski definition) is 3. The first-order valence-electron chi connectivity index (χ1n) is 11.5. The van der Waals surface area contributed by atoms with E-state index in [1.807, 2.05) is 17.1 Å². The molecule has 196 valence electrons. The van der Waals surface area contributed by atoms with Crippen LogP contribution in [-0.2, 0) is 14.3 Å². The van der Waals surface area contributed by atoms with Gasteiger partial charge in [-0.25, -0.2) is 0 Å². The van der Waals surface area contributed by atoms with Crippen LogP contribution in [0.2, 0.25) is 0 Å². The van der Waals surface area contributed by atoms with E-state index in [0.717, 1.165) is 49.3 Å². The smallest absolute Gasteiger partial charge is 0.247 e. The van der Waals surface area contributed by atoms with Crippen molar-refractivity contribution in [2.24, 2.45) is 17.3 Å². The van der Waals surface area contributed by atoms with Gasteiger partial charge in [-0.15, -0.1) is 0 Å². The van der Waals surface area contributed by atoms with E-state index in [4.69, 9.17) is 16.3 Å². The van der Waals surface area contributed by atoms with E-state index < -0.39 is 6.04 Å². The summed E-state index contributed by atoms with van der Waals surface area (Å²) in [6.07, 6.45) is 11.7. The molecule has 0 aromatic rings. The molecule has 3 rings (SSSR count). The Hall–Kier alpha value is -1.67. The average molecular weight is 501 g/mol. The normalized spacial score (nSPS) is 24.6.